The van der Waals surface area contributed by atoms with E-state index in [4.69, 9.17) is 9.47 Å². The summed E-state index contributed by atoms with van der Waals surface area (Å²) in [5.41, 5.74) is 0.466. The summed E-state index contributed by atoms with van der Waals surface area (Å²) in [6, 6.07) is 0.588. The third kappa shape index (κ3) is 2.35. The Labute approximate surface area is 92.5 Å². The minimum atomic E-state index is -0.0699. The molecule has 0 radical (unpaired) electrons. The Morgan fingerprint density at radius 1 is 1.40 bits per heavy atom. The fourth-order valence-electron chi connectivity index (χ4n) is 2.18. The van der Waals surface area contributed by atoms with Crippen LogP contribution < -0.4 is 5.32 Å². The van der Waals surface area contributed by atoms with Gasteiger partial charge in [0.1, 0.15) is 5.60 Å². The standard InChI is InChI=1S/C12H23NO2/c1-10(11(2)4-5-11)13-8-12(14-3)6-7-15-9-12/h10,13H,4-9H2,1-3H3. The van der Waals surface area contributed by atoms with Gasteiger partial charge in [0, 0.05) is 32.7 Å². The Balaban J connectivity index is 1.80. The molecule has 2 rings (SSSR count). The molecule has 0 aromatic rings. The zero-order chi connectivity index (χ0) is 10.9. The molecule has 15 heavy (non-hydrogen) atoms. The van der Waals surface area contributed by atoms with Crippen LogP contribution in [-0.2, 0) is 9.47 Å². The molecule has 1 aliphatic heterocycles. The van der Waals surface area contributed by atoms with Gasteiger partial charge in [0.2, 0.25) is 0 Å². The Bertz CT molecular complexity index is 220. The molecule has 3 heteroatoms. The highest BCUT2D eigenvalue weighted by Crippen LogP contribution is 2.48. The minimum Gasteiger partial charge on any atom is -0.378 e. The third-order valence-electron chi connectivity index (χ3n) is 4.31. The van der Waals surface area contributed by atoms with Gasteiger partial charge in [-0.1, -0.05) is 6.92 Å². The molecule has 2 fully saturated rings. The molecule has 2 atom stereocenters. The van der Waals surface area contributed by atoms with Crippen LogP contribution in [0.3, 0.4) is 0 Å². The first kappa shape index (κ1) is 11.4. The maximum atomic E-state index is 5.59. The first-order valence-corrected chi connectivity index (χ1v) is 5.97. The zero-order valence-corrected chi connectivity index (χ0v) is 10.1. The minimum absolute atomic E-state index is 0.0699. The van der Waals surface area contributed by atoms with Gasteiger partial charge in [-0.25, -0.2) is 0 Å². The second kappa shape index (κ2) is 4.04. The van der Waals surface area contributed by atoms with Crippen LogP contribution in [0.15, 0.2) is 0 Å². The number of ether oxygens (including phenoxy) is 2. The van der Waals surface area contributed by atoms with E-state index in [1.165, 1.54) is 12.8 Å². The van der Waals surface area contributed by atoms with E-state index in [2.05, 4.69) is 19.2 Å². The number of rotatable bonds is 5. The van der Waals surface area contributed by atoms with Gasteiger partial charge in [0.05, 0.1) is 6.61 Å². The van der Waals surface area contributed by atoms with Crippen LogP contribution in [0.2, 0.25) is 0 Å². The van der Waals surface area contributed by atoms with Crippen molar-refractivity contribution >= 4 is 0 Å². The van der Waals surface area contributed by atoms with Crippen molar-refractivity contribution in [1.82, 2.24) is 5.32 Å². The average molecular weight is 213 g/mol. The summed E-state index contributed by atoms with van der Waals surface area (Å²) < 4.78 is 11.0. The lowest BCUT2D eigenvalue weighted by Crippen LogP contribution is -2.47. The van der Waals surface area contributed by atoms with E-state index in [0.717, 1.165) is 26.2 Å². The van der Waals surface area contributed by atoms with Crippen molar-refractivity contribution in [3.63, 3.8) is 0 Å². The molecule has 1 heterocycles. The van der Waals surface area contributed by atoms with Crippen molar-refractivity contribution in [2.24, 2.45) is 5.41 Å². The fourth-order valence-corrected chi connectivity index (χ4v) is 2.18. The summed E-state index contributed by atoms with van der Waals surface area (Å²) in [4.78, 5) is 0. The molecule has 0 amide bonds. The molecule has 2 unspecified atom stereocenters. The van der Waals surface area contributed by atoms with E-state index in [1.807, 2.05) is 0 Å². The number of hydrogen-bond donors (Lipinski definition) is 1. The molecule has 1 saturated heterocycles. The van der Waals surface area contributed by atoms with Gasteiger partial charge >= 0.3 is 0 Å². The summed E-state index contributed by atoms with van der Waals surface area (Å²) >= 11 is 0. The molecule has 3 nitrogen and oxygen atoms in total. The molecule has 0 aromatic carbocycles. The van der Waals surface area contributed by atoms with Gasteiger partial charge in [0.25, 0.3) is 0 Å². The topological polar surface area (TPSA) is 30.5 Å². The van der Waals surface area contributed by atoms with Gasteiger partial charge in [-0.2, -0.15) is 0 Å². The van der Waals surface area contributed by atoms with Gasteiger partial charge < -0.3 is 14.8 Å². The monoisotopic (exact) mass is 213 g/mol. The lowest BCUT2D eigenvalue weighted by atomic mass is 9.98. The lowest BCUT2D eigenvalue weighted by molar-refractivity contribution is -0.0184. The molecule has 88 valence electrons. The van der Waals surface area contributed by atoms with Crippen LogP contribution in [0.1, 0.15) is 33.1 Å². The van der Waals surface area contributed by atoms with Crippen molar-refractivity contribution < 1.29 is 9.47 Å². The molecule has 1 N–H and O–H groups in total. The number of methoxy groups -OCH3 is 1. The first-order chi connectivity index (χ1) is 7.10. The molecular formula is C12H23NO2. The summed E-state index contributed by atoms with van der Waals surface area (Å²) in [5.74, 6) is 0. The molecule has 0 aromatic heterocycles. The van der Waals surface area contributed by atoms with E-state index in [1.54, 1.807) is 7.11 Å². The first-order valence-electron chi connectivity index (χ1n) is 5.97. The molecule has 1 aliphatic carbocycles. The quantitative estimate of drug-likeness (QED) is 0.752. The SMILES string of the molecule is COC1(CNC(C)C2(C)CC2)CCOC1. The van der Waals surface area contributed by atoms with Crippen LogP contribution in [0.4, 0.5) is 0 Å². The van der Waals surface area contributed by atoms with Gasteiger partial charge in [-0.15, -0.1) is 0 Å². The van der Waals surface area contributed by atoms with Gasteiger partial charge in [-0.05, 0) is 25.2 Å². The molecular weight excluding hydrogens is 190 g/mol. The largest absolute Gasteiger partial charge is 0.378 e. The van der Waals surface area contributed by atoms with E-state index in [-0.39, 0.29) is 5.60 Å². The van der Waals surface area contributed by atoms with E-state index in [9.17, 15) is 0 Å². The van der Waals surface area contributed by atoms with Crippen molar-refractivity contribution in [2.45, 2.75) is 44.8 Å². The Morgan fingerprint density at radius 2 is 2.13 bits per heavy atom. The van der Waals surface area contributed by atoms with Gasteiger partial charge in [-0.3, -0.25) is 0 Å². The van der Waals surface area contributed by atoms with E-state index < -0.39 is 0 Å². The second-order valence-electron chi connectivity index (χ2n) is 5.45. The van der Waals surface area contributed by atoms with Crippen molar-refractivity contribution in [3.8, 4) is 0 Å². The predicted molar refractivity (Wildman–Crippen MR) is 60.0 cm³/mol. The number of nitrogens with one attached hydrogen (secondary N) is 1. The van der Waals surface area contributed by atoms with Crippen LogP contribution >= 0.6 is 0 Å². The second-order valence-corrected chi connectivity index (χ2v) is 5.45. The third-order valence-corrected chi connectivity index (χ3v) is 4.31. The van der Waals surface area contributed by atoms with Crippen molar-refractivity contribution in [2.75, 3.05) is 26.9 Å². The van der Waals surface area contributed by atoms with E-state index in [0.29, 0.717) is 11.5 Å². The maximum absolute atomic E-state index is 5.59. The number of hydrogen-bond acceptors (Lipinski definition) is 3. The summed E-state index contributed by atoms with van der Waals surface area (Å²) in [6.07, 6.45) is 3.73. The average Bonchev–Trinajstić information content (AvgIpc) is 2.84. The molecule has 0 bridgehead atoms. The highest BCUT2D eigenvalue weighted by molar-refractivity contribution is 4.98. The summed E-state index contributed by atoms with van der Waals surface area (Å²) in [6.45, 7) is 7.13. The lowest BCUT2D eigenvalue weighted by Gasteiger charge is -2.30. The highest BCUT2D eigenvalue weighted by atomic mass is 16.5. The smallest absolute Gasteiger partial charge is 0.106 e. The fraction of sp³-hybridized carbons (Fsp3) is 1.00. The maximum Gasteiger partial charge on any atom is 0.106 e. The summed E-state index contributed by atoms with van der Waals surface area (Å²) in [7, 11) is 1.79. The van der Waals surface area contributed by atoms with E-state index >= 15 is 0 Å². The Kier molecular flexibility index (Phi) is 3.06. The Hall–Kier alpha value is -0.120. The van der Waals surface area contributed by atoms with Gasteiger partial charge in [0.15, 0.2) is 0 Å². The van der Waals surface area contributed by atoms with Crippen molar-refractivity contribution in [3.05, 3.63) is 0 Å². The van der Waals surface area contributed by atoms with Crippen LogP contribution in [0.5, 0.6) is 0 Å². The zero-order valence-electron chi connectivity index (χ0n) is 10.1. The highest BCUT2D eigenvalue weighted by Gasteiger charge is 2.43. The van der Waals surface area contributed by atoms with Crippen molar-refractivity contribution in [1.29, 1.82) is 0 Å². The molecule has 0 spiro atoms. The molecule has 1 saturated carbocycles. The van der Waals surface area contributed by atoms with Crippen LogP contribution in [0, 0.1) is 5.41 Å². The summed E-state index contributed by atoms with van der Waals surface area (Å²) in [5, 5.41) is 3.61. The van der Waals surface area contributed by atoms with Crippen LogP contribution in [-0.4, -0.2) is 38.5 Å². The van der Waals surface area contributed by atoms with Crippen LogP contribution in [0.25, 0.3) is 0 Å². The Morgan fingerprint density at radius 3 is 2.60 bits per heavy atom. The predicted octanol–water partition coefficient (Wildman–Crippen LogP) is 1.57. The normalized spacial score (nSPS) is 35.4. The molecule has 2 aliphatic rings.